The van der Waals surface area contributed by atoms with Crippen LogP contribution in [0.4, 0.5) is 0 Å². The van der Waals surface area contributed by atoms with Gasteiger partial charge in [-0.15, -0.1) is 0 Å². The lowest BCUT2D eigenvalue weighted by molar-refractivity contribution is -0.00638. The molecule has 164 valence electrons. The number of carbonyl (C=O) groups is 3. The van der Waals surface area contributed by atoms with Gasteiger partial charge in [-0.25, -0.2) is 14.4 Å². The smallest absolute Gasteiger partial charge is 0.340 e. The van der Waals surface area contributed by atoms with Gasteiger partial charge in [-0.05, 0) is 45.9 Å². The zero-order valence-electron chi connectivity index (χ0n) is 16.9. The summed E-state index contributed by atoms with van der Waals surface area (Å²) in [6.07, 6.45) is 0.859. The topological polar surface area (TPSA) is 90.9 Å². The molecule has 7 nitrogen and oxygen atoms in total. The molecule has 1 N–H and O–H groups in total. The van der Waals surface area contributed by atoms with E-state index in [0.717, 1.165) is 0 Å². The van der Waals surface area contributed by atoms with Crippen molar-refractivity contribution in [3.8, 4) is 0 Å². The molecule has 2 bridgehead atoms. The van der Waals surface area contributed by atoms with Crippen molar-refractivity contribution >= 4 is 52.7 Å². The van der Waals surface area contributed by atoms with E-state index in [1.165, 1.54) is 18.2 Å². The summed E-state index contributed by atoms with van der Waals surface area (Å²) >= 11 is 17.5. The van der Waals surface area contributed by atoms with Crippen molar-refractivity contribution in [2.45, 2.75) is 67.8 Å². The van der Waals surface area contributed by atoms with Gasteiger partial charge in [-0.1, -0.05) is 34.8 Å². The van der Waals surface area contributed by atoms with E-state index in [2.05, 4.69) is 5.32 Å². The van der Waals surface area contributed by atoms with Crippen molar-refractivity contribution in [2.75, 3.05) is 0 Å². The second-order valence-corrected chi connectivity index (χ2v) is 10.5. The zero-order chi connectivity index (χ0) is 22.5. The summed E-state index contributed by atoms with van der Waals surface area (Å²) < 4.78 is 13.3. The molecule has 2 aliphatic heterocycles. The second-order valence-electron chi connectivity index (χ2n) is 8.80. The van der Waals surface area contributed by atoms with E-state index < -0.39 is 28.0 Å². The van der Waals surface area contributed by atoms with Crippen LogP contribution in [0.3, 0.4) is 0 Å². The molecule has 0 radical (unpaired) electrons. The SMILES string of the molecule is CC1(C)CC(OC(=O)c2cc3cc(c2)C(=O)OC(Cl)(Cl)C(Cl)OC3=O)CC(C)(C)N1. The minimum atomic E-state index is -2.30. The fourth-order valence-corrected chi connectivity index (χ4v) is 4.33. The molecule has 30 heavy (non-hydrogen) atoms. The number of rotatable bonds is 2. The molecule has 0 amide bonds. The average Bonchev–Trinajstić information content (AvgIpc) is 2.58. The van der Waals surface area contributed by atoms with Crippen LogP contribution in [0.2, 0.25) is 0 Å². The van der Waals surface area contributed by atoms with Crippen LogP contribution in [0.25, 0.3) is 0 Å². The molecule has 1 aromatic carbocycles. The zero-order valence-corrected chi connectivity index (χ0v) is 19.2. The van der Waals surface area contributed by atoms with E-state index in [9.17, 15) is 14.4 Å². The molecular formula is C20H22Cl3NO6. The Labute approximate surface area is 189 Å². The van der Waals surface area contributed by atoms with Gasteiger partial charge in [0, 0.05) is 23.9 Å². The Kier molecular flexibility index (Phi) is 6.06. The quantitative estimate of drug-likeness (QED) is 0.387. The molecule has 1 fully saturated rings. The third-order valence-corrected chi connectivity index (χ3v) is 5.94. The van der Waals surface area contributed by atoms with Crippen molar-refractivity contribution in [2.24, 2.45) is 0 Å². The molecule has 1 saturated heterocycles. The maximum Gasteiger partial charge on any atom is 0.340 e. The maximum absolute atomic E-state index is 12.8. The monoisotopic (exact) mass is 477 g/mol. The lowest BCUT2D eigenvalue weighted by Gasteiger charge is -2.45. The van der Waals surface area contributed by atoms with Gasteiger partial charge in [-0.3, -0.25) is 0 Å². The van der Waals surface area contributed by atoms with Gasteiger partial charge in [0.2, 0.25) is 5.56 Å². The Bertz CT molecular complexity index is 883. The number of fused-ring (bicyclic) bond motifs is 2. The van der Waals surface area contributed by atoms with Crippen molar-refractivity contribution in [3.63, 3.8) is 0 Å². The first-order valence-corrected chi connectivity index (χ1v) is 10.5. The number of carbonyl (C=O) groups excluding carboxylic acids is 3. The summed E-state index contributed by atoms with van der Waals surface area (Å²) in [5.74, 6) is -2.56. The van der Waals surface area contributed by atoms with Crippen LogP contribution >= 0.6 is 34.8 Å². The highest BCUT2D eigenvalue weighted by molar-refractivity contribution is 6.51. The number of alkyl halides is 3. The van der Waals surface area contributed by atoms with E-state index >= 15 is 0 Å². The number of piperidine rings is 1. The Balaban J connectivity index is 1.89. The van der Waals surface area contributed by atoms with Gasteiger partial charge in [0.15, 0.2) is 0 Å². The molecule has 0 aromatic heterocycles. The summed E-state index contributed by atoms with van der Waals surface area (Å²) in [6, 6.07) is 3.71. The van der Waals surface area contributed by atoms with Gasteiger partial charge in [0.25, 0.3) is 0 Å². The molecule has 0 aliphatic carbocycles. The van der Waals surface area contributed by atoms with Crippen LogP contribution in [0.1, 0.15) is 71.6 Å². The molecular weight excluding hydrogens is 457 g/mol. The highest BCUT2D eigenvalue weighted by Gasteiger charge is 2.43. The average molecular weight is 479 g/mol. The highest BCUT2D eigenvalue weighted by Crippen LogP contribution is 2.35. The molecule has 1 unspecified atom stereocenters. The number of nitrogens with one attached hydrogen (secondary N) is 1. The minimum absolute atomic E-state index is 0.00619. The molecule has 10 heteroatoms. The second kappa shape index (κ2) is 7.86. The van der Waals surface area contributed by atoms with Crippen LogP contribution in [0.15, 0.2) is 18.2 Å². The molecule has 1 aromatic rings. The van der Waals surface area contributed by atoms with Gasteiger partial charge >= 0.3 is 22.4 Å². The van der Waals surface area contributed by atoms with Crippen molar-refractivity contribution in [3.05, 3.63) is 34.9 Å². The van der Waals surface area contributed by atoms with Crippen molar-refractivity contribution in [1.29, 1.82) is 0 Å². The Morgan fingerprint density at radius 1 is 1.03 bits per heavy atom. The number of benzene rings is 1. The molecule has 2 aliphatic rings. The van der Waals surface area contributed by atoms with Gasteiger partial charge < -0.3 is 19.5 Å². The van der Waals surface area contributed by atoms with E-state index in [1.54, 1.807) is 0 Å². The first kappa shape index (κ1) is 23.1. The summed E-state index contributed by atoms with van der Waals surface area (Å²) in [5.41, 5.74) is -2.32. The largest absolute Gasteiger partial charge is 0.459 e. The highest BCUT2D eigenvalue weighted by atomic mass is 35.5. The van der Waals surface area contributed by atoms with Crippen LogP contribution in [0, 0.1) is 0 Å². The van der Waals surface area contributed by atoms with Gasteiger partial charge in [0.1, 0.15) is 6.10 Å². The fraction of sp³-hybridized carbons (Fsp3) is 0.550. The lowest BCUT2D eigenvalue weighted by Crippen LogP contribution is -2.59. The standard InChI is InChI=1S/C20H22Cl3NO6/c1-18(2)8-13(9-19(3,4)24-18)28-14(25)10-5-11-7-12(6-10)16(27)30-20(22,23)17(21)29-15(11)26/h5-7,13,17,24H,8-9H2,1-4H3. The molecule has 0 saturated carbocycles. The number of cyclic esters (lactones) is 2. The van der Waals surface area contributed by atoms with Crippen molar-refractivity contribution < 1.29 is 28.6 Å². The Hall–Kier alpha value is -1.54. The number of ether oxygens (including phenoxy) is 3. The summed E-state index contributed by atoms with van der Waals surface area (Å²) in [7, 11) is 0. The summed E-state index contributed by atoms with van der Waals surface area (Å²) in [6.45, 7) is 8.12. The Morgan fingerprint density at radius 2 is 1.57 bits per heavy atom. The molecule has 2 heterocycles. The molecule has 0 spiro atoms. The minimum Gasteiger partial charge on any atom is -0.459 e. The van der Waals surface area contributed by atoms with Crippen molar-refractivity contribution in [1.82, 2.24) is 5.32 Å². The number of hydrogen-bond donors (Lipinski definition) is 1. The molecule has 3 rings (SSSR count). The summed E-state index contributed by atoms with van der Waals surface area (Å²) in [5, 5.41) is 3.51. The van der Waals surface area contributed by atoms with Gasteiger partial charge in [0.05, 0.1) is 16.7 Å². The summed E-state index contributed by atoms with van der Waals surface area (Å²) in [4.78, 5) is 37.6. The first-order chi connectivity index (χ1) is 13.7. The van der Waals surface area contributed by atoms with Crippen LogP contribution in [-0.4, -0.2) is 45.2 Å². The van der Waals surface area contributed by atoms with E-state index in [4.69, 9.17) is 49.0 Å². The van der Waals surface area contributed by atoms with E-state index in [0.29, 0.717) is 12.8 Å². The van der Waals surface area contributed by atoms with Crippen LogP contribution < -0.4 is 5.32 Å². The fourth-order valence-electron chi connectivity index (χ4n) is 3.97. The predicted octanol–water partition coefficient (Wildman–Crippen LogP) is 4.18. The number of esters is 3. The predicted molar refractivity (Wildman–Crippen MR) is 111 cm³/mol. The maximum atomic E-state index is 12.8. The molecule has 1 atom stereocenters. The van der Waals surface area contributed by atoms with E-state index in [-0.39, 0.29) is 33.9 Å². The van der Waals surface area contributed by atoms with E-state index in [1.807, 2.05) is 27.7 Å². The third kappa shape index (κ3) is 5.19. The van der Waals surface area contributed by atoms with Crippen LogP contribution in [-0.2, 0) is 14.2 Å². The Morgan fingerprint density at radius 3 is 2.13 bits per heavy atom. The number of halogens is 3. The van der Waals surface area contributed by atoms with Gasteiger partial charge in [-0.2, -0.15) is 0 Å². The first-order valence-electron chi connectivity index (χ1n) is 9.29. The number of hydrogen-bond acceptors (Lipinski definition) is 7. The normalized spacial score (nSPS) is 25.2. The lowest BCUT2D eigenvalue weighted by atomic mass is 9.81. The third-order valence-electron chi connectivity index (χ3n) is 4.77. The van der Waals surface area contributed by atoms with Crippen LogP contribution in [0.5, 0.6) is 0 Å².